The van der Waals surface area contributed by atoms with E-state index in [1.807, 2.05) is 6.07 Å². The van der Waals surface area contributed by atoms with Gasteiger partial charge in [-0.05, 0) is 43.5 Å². The molecular weight excluding hydrogens is 306 g/mol. The van der Waals surface area contributed by atoms with Gasteiger partial charge < -0.3 is 10.6 Å². The minimum atomic E-state index is -0.542. The van der Waals surface area contributed by atoms with E-state index < -0.39 is 11.8 Å². The molecule has 3 rings (SSSR count). The molecule has 1 spiro atoms. The van der Waals surface area contributed by atoms with E-state index in [9.17, 15) is 9.59 Å². The minimum absolute atomic E-state index is 0.00793. The molecule has 1 aromatic carbocycles. The Bertz CT molecular complexity index is 626. The van der Waals surface area contributed by atoms with Gasteiger partial charge >= 0.3 is 0 Å². The number of hydrogen-bond donors (Lipinski definition) is 4. The third-order valence-electron chi connectivity index (χ3n) is 5.44. The van der Waals surface area contributed by atoms with Crippen LogP contribution in [0.2, 0.25) is 0 Å². The number of amides is 2. The van der Waals surface area contributed by atoms with Gasteiger partial charge in [-0.1, -0.05) is 31.2 Å². The fourth-order valence-electron chi connectivity index (χ4n) is 4.13. The van der Waals surface area contributed by atoms with Gasteiger partial charge in [-0.25, -0.2) is 5.48 Å². The van der Waals surface area contributed by atoms with Crippen molar-refractivity contribution in [3.63, 3.8) is 0 Å². The number of carbonyl (C=O) groups excluding carboxylic acids is 2. The molecule has 0 aromatic heterocycles. The van der Waals surface area contributed by atoms with E-state index in [-0.39, 0.29) is 23.8 Å². The predicted octanol–water partition coefficient (Wildman–Crippen LogP) is 1.40. The Labute approximate surface area is 142 Å². The molecule has 2 amide bonds. The smallest absolute Gasteiger partial charge is 0.244 e. The van der Waals surface area contributed by atoms with Gasteiger partial charge in [0.2, 0.25) is 11.8 Å². The Morgan fingerprint density at radius 2 is 2.04 bits per heavy atom. The van der Waals surface area contributed by atoms with Crippen molar-refractivity contribution in [3.8, 4) is 0 Å². The first kappa shape index (κ1) is 16.9. The first-order chi connectivity index (χ1) is 11.6. The van der Waals surface area contributed by atoms with Crippen LogP contribution in [-0.2, 0) is 15.0 Å². The van der Waals surface area contributed by atoms with Gasteiger partial charge in [0, 0.05) is 17.8 Å². The molecule has 0 bridgehead atoms. The second kappa shape index (κ2) is 6.91. The lowest BCUT2D eigenvalue weighted by Crippen LogP contribution is -2.40. The summed E-state index contributed by atoms with van der Waals surface area (Å²) in [4.78, 5) is 23.7. The molecule has 2 atom stereocenters. The molecule has 6 heteroatoms. The normalized spacial score (nSPS) is 22.7. The zero-order chi connectivity index (χ0) is 17.2. The quantitative estimate of drug-likeness (QED) is 0.496. The molecule has 1 saturated heterocycles. The van der Waals surface area contributed by atoms with Crippen LogP contribution in [0.3, 0.4) is 0 Å². The van der Waals surface area contributed by atoms with E-state index >= 15 is 0 Å². The molecule has 24 heavy (non-hydrogen) atoms. The largest absolute Gasteiger partial charge is 0.349 e. The number of carbonyl (C=O) groups is 2. The molecule has 2 aliphatic rings. The summed E-state index contributed by atoms with van der Waals surface area (Å²) in [5.74, 6) is -1.17. The van der Waals surface area contributed by atoms with Gasteiger partial charge in [0.25, 0.3) is 0 Å². The number of hydrogen-bond acceptors (Lipinski definition) is 4. The molecule has 1 aliphatic heterocycles. The molecule has 0 radical (unpaired) electrons. The van der Waals surface area contributed by atoms with E-state index in [0.717, 1.165) is 32.4 Å². The minimum Gasteiger partial charge on any atom is -0.349 e. The van der Waals surface area contributed by atoms with Crippen LogP contribution in [0.15, 0.2) is 24.3 Å². The first-order valence-electron chi connectivity index (χ1n) is 8.59. The molecule has 1 fully saturated rings. The molecule has 0 saturated carbocycles. The highest BCUT2D eigenvalue weighted by molar-refractivity contribution is 5.85. The maximum atomic E-state index is 12.4. The van der Waals surface area contributed by atoms with Gasteiger partial charge in [0.1, 0.15) is 0 Å². The molecule has 1 heterocycles. The van der Waals surface area contributed by atoms with Crippen LogP contribution >= 0.6 is 0 Å². The standard InChI is InChI=1S/C18H25N3O3/c1-12(10-16(22)21-24)17(23)20-15-11-18(6-8-19-9-7-18)14-5-3-2-4-13(14)15/h2-5,12,15,19,24H,6-11H2,1H3,(H,20,23)(H,21,22)/t12-,15?/m1/s1. The number of hydroxylamine groups is 1. The van der Waals surface area contributed by atoms with E-state index in [2.05, 4.69) is 28.8 Å². The van der Waals surface area contributed by atoms with Crippen molar-refractivity contribution in [2.75, 3.05) is 13.1 Å². The van der Waals surface area contributed by atoms with Crippen LogP contribution in [0.25, 0.3) is 0 Å². The Balaban J connectivity index is 1.75. The van der Waals surface area contributed by atoms with Gasteiger partial charge in [-0.2, -0.15) is 0 Å². The number of piperidine rings is 1. The van der Waals surface area contributed by atoms with Crippen molar-refractivity contribution < 1.29 is 14.8 Å². The zero-order valence-electron chi connectivity index (χ0n) is 14.0. The highest BCUT2D eigenvalue weighted by atomic mass is 16.5. The highest BCUT2D eigenvalue weighted by Crippen LogP contribution is 2.49. The Hall–Kier alpha value is -1.92. The summed E-state index contributed by atoms with van der Waals surface area (Å²) in [7, 11) is 0. The maximum absolute atomic E-state index is 12.4. The Kier molecular flexibility index (Phi) is 4.87. The SMILES string of the molecule is C[C@H](CC(=O)NO)C(=O)NC1CC2(CCNCC2)c2ccccc21. The number of rotatable bonds is 4. The fourth-order valence-corrected chi connectivity index (χ4v) is 4.13. The van der Waals surface area contributed by atoms with E-state index in [0.29, 0.717) is 0 Å². The van der Waals surface area contributed by atoms with Crippen LogP contribution in [0.4, 0.5) is 0 Å². The van der Waals surface area contributed by atoms with Crippen LogP contribution < -0.4 is 16.1 Å². The zero-order valence-corrected chi connectivity index (χ0v) is 14.0. The third kappa shape index (κ3) is 3.16. The predicted molar refractivity (Wildman–Crippen MR) is 89.4 cm³/mol. The maximum Gasteiger partial charge on any atom is 0.244 e. The molecular formula is C18H25N3O3. The van der Waals surface area contributed by atoms with Crippen molar-refractivity contribution in [3.05, 3.63) is 35.4 Å². The Morgan fingerprint density at radius 3 is 2.75 bits per heavy atom. The lowest BCUT2D eigenvalue weighted by molar-refractivity contribution is -0.134. The third-order valence-corrected chi connectivity index (χ3v) is 5.44. The number of nitrogens with one attached hydrogen (secondary N) is 3. The summed E-state index contributed by atoms with van der Waals surface area (Å²) in [6.45, 7) is 3.70. The van der Waals surface area contributed by atoms with Crippen molar-refractivity contribution in [1.82, 2.24) is 16.1 Å². The van der Waals surface area contributed by atoms with Gasteiger partial charge in [-0.3, -0.25) is 14.8 Å². The average molecular weight is 331 g/mol. The molecule has 1 aromatic rings. The van der Waals surface area contributed by atoms with Crippen LogP contribution in [0.5, 0.6) is 0 Å². The topological polar surface area (TPSA) is 90.5 Å². The van der Waals surface area contributed by atoms with Crippen molar-refractivity contribution in [2.24, 2.45) is 5.92 Å². The van der Waals surface area contributed by atoms with E-state index in [4.69, 9.17) is 5.21 Å². The fraction of sp³-hybridized carbons (Fsp3) is 0.556. The highest BCUT2D eigenvalue weighted by Gasteiger charge is 2.44. The van der Waals surface area contributed by atoms with Crippen molar-refractivity contribution in [1.29, 1.82) is 0 Å². The lowest BCUT2D eigenvalue weighted by atomic mass is 9.74. The van der Waals surface area contributed by atoms with Crippen molar-refractivity contribution in [2.45, 2.75) is 44.1 Å². The van der Waals surface area contributed by atoms with Gasteiger partial charge in [-0.15, -0.1) is 0 Å². The van der Waals surface area contributed by atoms with Crippen LogP contribution in [-0.4, -0.2) is 30.1 Å². The molecule has 1 aliphatic carbocycles. The summed E-state index contributed by atoms with van der Waals surface area (Å²) >= 11 is 0. The van der Waals surface area contributed by atoms with Gasteiger partial charge in [0.15, 0.2) is 0 Å². The average Bonchev–Trinajstić information content (AvgIpc) is 2.89. The second-order valence-corrected chi connectivity index (χ2v) is 7.02. The molecule has 6 nitrogen and oxygen atoms in total. The second-order valence-electron chi connectivity index (χ2n) is 7.02. The van der Waals surface area contributed by atoms with Gasteiger partial charge in [0.05, 0.1) is 6.04 Å². The molecule has 1 unspecified atom stereocenters. The summed E-state index contributed by atoms with van der Waals surface area (Å²) in [6.07, 6.45) is 3.06. The first-order valence-corrected chi connectivity index (χ1v) is 8.59. The van der Waals surface area contributed by atoms with E-state index in [1.165, 1.54) is 11.1 Å². The van der Waals surface area contributed by atoms with Crippen LogP contribution in [0, 0.1) is 5.92 Å². The van der Waals surface area contributed by atoms with E-state index in [1.54, 1.807) is 12.4 Å². The molecule has 130 valence electrons. The van der Waals surface area contributed by atoms with Crippen molar-refractivity contribution >= 4 is 11.8 Å². The lowest BCUT2D eigenvalue weighted by Gasteiger charge is -2.35. The summed E-state index contributed by atoms with van der Waals surface area (Å²) in [6, 6.07) is 8.37. The number of benzene rings is 1. The Morgan fingerprint density at radius 1 is 1.33 bits per heavy atom. The van der Waals surface area contributed by atoms with Crippen LogP contribution in [0.1, 0.15) is 49.8 Å². The summed E-state index contributed by atoms with van der Waals surface area (Å²) < 4.78 is 0. The molecule has 4 N–H and O–H groups in total. The summed E-state index contributed by atoms with van der Waals surface area (Å²) in [5, 5.41) is 15.1. The number of fused-ring (bicyclic) bond motifs is 2. The monoisotopic (exact) mass is 331 g/mol. The summed E-state index contributed by atoms with van der Waals surface area (Å²) in [5.41, 5.74) is 4.28.